The van der Waals surface area contributed by atoms with Crippen LogP contribution in [0.3, 0.4) is 0 Å². The summed E-state index contributed by atoms with van der Waals surface area (Å²) < 4.78 is 3.84. The average Bonchev–Trinajstić information content (AvgIpc) is 3.51. The highest BCUT2D eigenvalue weighted by molar-refractivity contribution is 8.00. The third kappa shape index (κ3) is 6.13. The Labute approximate surface area is 268 Å². The molecule has 0 saturated carbocycles. The predicted octanol–water partition coefficient (Wildman–Crippen LogP) is 0.0551. The molecule has 19 heteroatoms. The van der Waals surface area contributed by atoms with Gasteiger partial charge >= 0.3 is 11.9 Å². The number of oxime groups is 1. The molecule has 1 fully saturated rings. The van der Waals surface area contributed by atoms with Crippen LogP contribution in [0.4, 0.5) is 10.9 Å². The first-order valence-corrected chi connectivity index (χ1v) is 15.7. The fourth-order valence-corrected chi connectivity index (χ4v) is 7.22. The van der Waals surface area contributed by atoms with E-state index >= 15 is 0 Å². The van der Waals surface area contributed by atoms with Crippen molar-refractivity contribution in [3.8, 4) is 0 Å². The number of thiazole rings is 1. The zero-order valence-corrected chi connectivity index (χ0v) is 26.3. The van der Waals surface area contributed by atoms with Gasteiger partial charge in [0.25, 0.3) is 11.8 Å². The second-order valence-corrected chi connectivity index (χ2v) is 12.8. The summed E-state index contributed by atoms with van der Waals surface area (Å²) >= 11 is 8.32. The largest absolute Gasteiger partial charge is 0.478 e. The van der Waals surface area contributed by atoms with Crippen molar-refractivity contribution < 1.29 is 38.8 Å². The van der Waals surface area contributed by atoms with Gasteiger partial charge in [-0.1, -0.05) is 28.1 Å². The van der Waals surface area contributed by atoms with Crippen LogP contribution in [-0.4, -0.2) is 91.0 Å². The van der Waals surface area contributed by atoms with E-state index in [2.05, 4.69) is 20.8 Å². The Hall–Kier alpha value is -4.39. The third-order valence-electron chi connectivity index (χ3n) is 7.15. The predicted molar refractivity (Wildman–Crippen MR) is 166 cm³/mol. The minimum atomic E-state index is -1.41. The third-order valence-corrected chi connectivity index (χ3v) is 9.58. The van der Waals surface area contributed by atoms with Gasteiger partial charge in [0, 0.05) is 30.5 Å². The van der Waals surface area contributed by atoms with Gasteiger partial charge in [0.15, 0.2) is 23.6 Å². The lowest BCUT2D eigenvalue weighted by Gasteiger charge is -2.49. The lowest BCUT2D eigenvalue weighted by molar-refractivity contribution is -0.663. The summed E-state index contributed by atoms with van der Waals surface area (Å²) in [5.41, 5.74) is 13.4. The van der Waals surface area contributed by atoms with Gasteiger partial charge in [0.1, 0.15) is 38.5 Å². The molecule has 0 radical (unpaired) electrons. The Morgan fingerprint density at radius 2 is 2.09 bits per heavy atom. The maximum Gasteiger partial charge on any atom is 0.352 e. The van der Waals surface area contributed by atoms with Crippen molar-refractivity contribution in [3.63, 3.8) is 0 Å². The van der Waals surface area contributed by atoms with Crippen LogP contribution in [0.15, 0.2) is 40.8 Å². The van der Waals surface area contributed by atoms with E-state index in [1.54, 1.807) is 0 Å². The van der Waals surface area contributed by atoms with E-state index in [0.717, 1.165) is 27.3 Å². The molecule has 0 bridgehead atoms. The molecule has 8 N–H and O–H groups in total. The fraction of sp³-hybridized carbons (Fsp3) is 0.346. The van der Waals surface area contributed by atoms with E-state index in [1.165, 1.54) is 18.7 Å². The molecule has 16 nitrogen and oxygen atoms in total. The van der Waals surface area contributed by atoms with Gasteiger partial charge in [-0.05, 0) is 20.0 Å². The summed E-state index contributed by atoms with van der Waals surface area (Å²) in [6.45, 7) is 2.74. The minimum Gasteiger partial charge on any atom is -0.478 e. The number of aliphatic carboxylic acids is 2. The lowest BCUT2D eigenvalue weighted by Crippen LogP contribution is -2.71. The number of aromatic nitrogens is 3. The summed E-state index contributed by atoms with van der Waals surface area (Å²) in [4.78, 5) is 60.4. The first-order valence-electron chi connectivity index (χ1n) is 13.4. The summed E-state index contributed by atoms with van der Waals surface area (Å²) in [5, 5.41) is 27.9. The number of pyridine rings is 1. The number of nitrogens with zero attached hydrogens (tertiary/aromatic N) is 5. The van der Waals surface area contributed by atoms with Crippen molar-refractivity contribution in [2.45, 2.75) is 37.5 Å². The Balaban J connectivity index is 1.39. The van der Waals surface area contributed by atoms with E-state index in [9.17, 15) is 24.3 Å². The molecule has 3 atom stereocenters. The fourth-order valence-electron chi connectivity index (χ4n) is 4.96. The Morgan fingerprint density at radius 3 is 2.73 bits per heavy atom. The monoisotopic (exact) mass is 678 g/mol. The molecule has 3 aromatic heterocycles. The quantitative estimate of drug-likeness (QED) is 0.0646. The topological polar surface area (TPSA) is 231 Å². The summed E-state index contributed by atoms with van der Waals surface area (Å²) in [6, 6.07) is 4.49. The number of likely N-dealkylation sites (N-methyl/N-ethyl adjacent to an activating group) is 1. The number of fused-ring (bicyclic) bond motifs is 2. The standard InChI is InChI=1S/C26H28ClN9O7S2/c1-11(24(39)40)43-33-17(16-20(27)45-26(29)32-16)21(37)31-18-22(38)36-19(25(41)42)12(10-44-23(18)36)9-34-6-3-4-13-14(34)8-15(28)35(13)7-5-30-2/h3-4,6,8,11,18,23,28,30H,5,7,9-10H2,1-2H3,(H5,29,31,32,37,39,40,41,42)/p+1/b33-17-/t11-,18?,23+/m0/s1. The summed E-state index contributed by atoms with van der Waals surface area (Å²) in [5.74, 6) is -3.38. The number of amides is 2. The maximum absolute atomic E-state index is 13.3. The molecule has 1 saturated heterocycles. The van der Waals surface area contributed by atoms with Crippen molar-refractivity contribution in [1.82, 2.24) is 25.1 Å². The van der Waals surface area contributed by atoms with Crippen LogP contribution in [0.5, 0.6) is 0 Å². The molecular formula is C26H29ClN9O7S2+. The zero-order chi connectivity index (χ0) is 32.6. The Morgan fingerprint density at radius 1 is 1.33 bits per heavy atom. The number of thioether (sulfide) groups is 1. The summed E-state index contributed by atoms with van der Waals surface area (Å²) in [6.07, 6.45) is 0.407. The average molecular weight is 679 g/mol. The number of hydrogen-bond acceptors (Lipinski definition) is 12. The normalized spacial score (nSPS) is 18.9. The molecule has 1 unspecified atom stereocenters. The smallest absolute Gasteiger partial charge is 0.352 e. The Bertz CT molecular complexity index is 1770. The number of carbonyl (C=O) groups is 4. The van der Waals surface area contributed by atoms with Gasteiger partial charge in [-0.25, -0.2) is 14.6 Å². The number of nitrogens with two attached hydrogens (primary N) is 2. The number of anilines is 2. The molecule has 2 aliphatic rings. The molecule has 5 heterocycles. The van der Waals surface area contributed by atoms with Crippen molar-refractivity contribution in [3.05, 3.63) is 45.7 Å². The number of halogens is 1. The van der Waals surface area contributed by atoms with E-state index < -0.39 is 47.0 Å². The van der Waals surface area contributed by atoms with Crippen LogP contribution in [0, 0.1) is 0 Å². The van der Waals surface area contributed by atoms with Crippen molar-refractivity contribution in [2.24, 2.45) is 5.16 Å². The number of carboxylic acids is 2. The first kappa shape index (κ1) is 32.0. The molecule has 0 aromatic carbocycles. The number of nitrogen functional groups attached to an aromatic ring is 2. The number of carbonyl (C=O) groups excluding carboxylic acids is 2. The molecular weight excluding hydrogens is 650 g/mol. The van der Waals surface area contributed by atoms with Crippen LogP contribution in [0.25, 0.3) is 11.0 Å². The highest BCUT2D eigenvalue weighted by Crippen LogP contribution is 2.40. The molecule has 0 aliphatic carbocycles. The van der Waals surface area contributed by atoms with E-state index in [1.807, 2.05) is 40.6 Å². The van der Waals surface area contributed by atoms with Gasteiger partial charge in [-0.2, -0.15) is 4.57 Å². The maximum atomic E-state index is 13.3. The number of β-lactam (4-membered cyclic amide) rings is 1. The molecule has 3 aromatic rings. The van der Waals surface area contributed by atoms with Gasteiger partial charge in [0.2, 0.25) is 11.6 Å². The molecule has 238 valence electrons. The van der Waals surface area contributed by atoms with Crippen LogP contribution < -0.4 is 26.7 Å². The SMILES string of the molecule is CNCCn1c(N)cc2c1ccc[n+]2CC1=C(C(=O)O)N2C(=O)C(NC(=O)/C(=N\O[C@@H](C)C(=O)O)c3nc(N)sc3Cl)[C@H]2SC1. The van der Waals surface area contributed by atoms with E-state index in [0.29, 0.717) is 24.5 Å². The number of hydrogen-bond donors (Lipinski definition) is 6. The second-order valence-electron chi connectivity index (χ2n) is 10.0. The molecule has 2 amide bonds. The van der Waals surface area contributed by atoms with Gasteiger partial charge < -0.3 is 41.7 Å². The highest BCUT2D eigenvalue weighted by Gasteiger charge is 2.55. The molecule has 2 aliphatic heterocycles. The van der Waals surface area contributed by atoms with Crippen LogP contribution in [-0.2, 0) is 37.1 Å². The number of carboxylic acid groups (broad SMARTS) is 2. The van der Waals surface area contributed by atoms with Crippen LogP contribution >= 0.6 is 34.7 Å². The molecule has 5 rings (SSSR count). The first-order chi connectivity index (χ1) is 21.4. The van der Waals surface area contributed by atoms with Crippen LogP contribution in [0.2, 0.25) is 4.34 Å². The second kappa shape index (κ2) is 12.9. The van der Waals surface area contributed by atoms with E-state index in [4.69, 9.17) is 33.0 Å². The van der Waals surface area contributed by atoms with Crippen molar-refractivity contribution in [1.29, 1.82) is 0 Å². The Kier molecular flexibility index (Phi) is 9.19. The summed E-state index contributed by atoms with van der Waals surface area (Å²) in [7, 11) is 1.85. The molecule has 0 spiro atoms. The molecule has 45 heavy (non-hydrogen) atoms. The van der Waals surface area contributed by atoms with Gasteiger partial charge in [-0.15, -0.1) is 11.8 Å². The highest BCUT2D eigenvalue weighted by atomic mass is 35.5. The number of rotatable bonds is 12. The van der Waals surface area contributed by atoms with Crippen molar-refractivity contribution >= 4 is 86.1 Å². The zero-order valence-electron chi connectivity index (χ0n) is 23.9. The lowest BCUT2D eigenvalue weighted by atomic mass is 10.0. The van der Waals surface area contributed by atoms with Crippen molar-refractivity contribution in [2.75, 3.05) is 30.8 Å². The van der Waals surface area contributed by atoms with Gasteiger partial charge in [-0.3, -0.25) is 14.5 Å². The minimum absolute atomic E-state index is 0.00558. The van der Waals surface area contributed by atoms with Gasteiger partial charge in [0.05, 0.1) is 6.07 Å². The number of nitrogens with one attached hydrogen (secondary N) is 2. The van der Waals surface area contributed by atoms with E-state index in [-0.39, 0.29) is 33.2 Å². The van der Waals surface area contributed by atoms with Crippen LogP contribution in [0.1, 0.15) is 12.6 Å².